The van der Waals surface area contributed by atoms with E-state index in [4.69, 9.17) is 5.11 Å². The Kier molecular flexibility index (Phi) is 4.62. The molecular weight excluding hydrogens is 178 g/mol. The lowest BCUT2D eigenvalue weighted by atomic mass is 10.1. The molecular formula is C10H19N3O. The molecule has 1 atom stereocenters. The molecule has 0 spiro atoms. The van der Waals surface area contributed by atoms with Crippen molar-refractivity contribution in [3.05, 3.63) is 18.0 Å². The third-order valence-corrected chi connectivity index (χ3v) is 2.27. The lowest BCUT2D eigenvalue weighted by Crippen LogP contribution is -2.25. The van der Waals surface area contributed by atoms with Crippen LogP contribution in [0.15, 0.2) is 12.3 Å². The Morgan fingerprint density at radius 2 is 2.43 bits per heavy atom. The lowest BCUT2D eigenvalue weighted by molar-refractivity contribution is 0.262. The van der Waals surface area contributed by atoms with Gasteiger partial charge in [0.1, 0.15) is 0 Å². The van der Waals surface area contributed by atoms with E-state index in [1.807, 2.05) is 17.8 Å². The van der Waals surface area contributed by atoms with Crippen molar-refractivity contribution in [3.8, 4) is 0 Å². The third-order valence-electron chi connectivity index (χ3n) is 2.27. The van der Waals surface area contributed by atoms with Crippen LogP contribution >= 0.6 is 0 Å². The fourth-order valence-corrected chi connectivity index (χ4v) is 1.53. The Morgan fingerprint density at radius 1 is 1.64 bits per heavy atom. The molecule has 0 aliphatic rings. The minimum absolute atomic E-state index is 0.201. The Bertz CT molecular complexity index is 260. The van der Waals surface area contributed by atoms with Crippen LogP contribution in [0.5, 0.6) is 0 Å². The van der Waals surface area contributed by atoms with Crippen LogP contribution in [0.25, 0.3) is 0 Å². The first-order valence-corrected chi connectivity index (χ1v) is 5.11. The van der Waals surface area contributed by atoms with E-state index in [0.29, 0.717) is 0 Å². The molecule has 1 aromatic heterocycles. The van der Waals surface area contributed by atoms with E-state index in [1.165, 1.54) is 0 Å². The number of hydrogen-bond acceptors (Lipinski definition) is 3. The highest BCUT2D eigenvalue weighted by atomic mass is 16.3. The maximum Gasteiger partial charge on any atom is 0.0551 e. The van der Waals surface area contributed by atoms with Gasteiger partial charge in [0, 0.05) is 19.9 Å². The van der Waals surface area contributed by atoms with Gasteiger partial charge in [0.05, 0.1) is 11.7 Å². The van der Waals surface area contributed by atoms with Gasteiger partial charge in [-0.3, -0.25) is 4.68 Å². The highest BCUT2D eigenvalue weighted by Gasteiger charge is 2.12. The fraction of sp³-hybridized carbons (Fsp3) is 0.700. The molecule has 1 heterocycles. The van der Waals surface area contributed by atoms with Crippen molar-refractivity contribution in [2.75, 3.05) is 13.2 Å². The minimum Gasteiger partial charge on any atom is -0.396 e. The summed E-state index contributed by atoms with van der Waals surface area (Å²) in [6.45, 7) is 3.30. The lowest BCUT2D eigenvalue weighted by Gasteiger charge is -2.17. The predicted octanol–water partition coefficient (Wildman–Crippen LogP) is 0.843. The average Bonchev–Trinajstić information content (AvgIpc) is 2.59. The second-order valence-electron chi connectivity index (χ2n) is 3.40. The molecule has 0 aliphatic carbocycles. The number of aromatic nitrogens is 2. The molecule has 0 fully saturated rings. The van der Waals surface area contributed by atoms with E-state index < -0.39 is 0 Å². The molecule has 0 saturated carbocycles. The van der Waals surface area contributed by atoms with Gasteiger partial charge in [-0.05, 0) is 25.5 Å². The van der Waals surface area contributed by atoms with Gasteiger partial charge in [-0.1, -0.05) is 6.92 Å². The number of aliphatic hydroxyl groups excluding tert-OH is 1. The molecule has 1 rings (SSSR count). The Labute approximate surface area is 84.9 Å². The largest absolute Gasteiger partial charge is 0.396 e. The molecule has 0 saturated heterocycles. The monoisotopic (exact) mass is 197 g/mol. The molecule has 4 nitrogen and oxygen atoms in total. The topological polar surface area (TPSA) is 50.1 Å². The predicted molar refractivity (Wildman–Crippen MR) is 55.9 cm³/mol. The van der Waals surface area contributed by atoms with Crippen molar-refractivity contribution >= 4 is 0 Å². The molecule has 1 aromatic rings. The smallest absolute Gasteiger partial charge is 0.0551 e. The quantitative estimate of drug-likeness (QED) is 0.710. The van der Waals surface area contributed by atoms with Crippen LogP contribution in [0, 0.1) is 0 Å². The van der Waals surface area contributed by atoms with Crippen LogP contribution in [-0.4, -0.2) is 28.0 Å². The Morgan fingerprint density at radius 3 is 2.93 bits per heavy atom. The number of aliphatic hydroxyl groups is 1. The third kappa shape index (κ3) is 2.82. The van der Waals surface area contributed by atoms with Crippen molar-refractivity contribution < 1.29 is 5.11 Å². The average molecular weight is 197 g/mol. The summed E-state index contributed by atoms with van der Waals surface area (Å²) in [5, 5.41) is 16.5. The summed E-state index contributed by atoms with van der Waals surface area (Å²) in [5.41, 5.74) is 1.13. The van der Waals surface area contributed by atoms with Crippen LogP contribution in [-0.2, 0) is 7.05 Å². The summed E-state index contributed by atoms with van der Waals surface area (Å²) in [7, 11) is 1.92. The first kappa shape index (κ1) is 11.2. The van der Waals surface area contributed by atoms with Gasteiger partial charge in [-0.15, -0.1) is 0 Å². The highest BCUT2D eigenvalue weighted by molar-refractivity contribution is 5.06. The van der Waals surface area contributed by atoms with Crippen LogP contribution in [0.2, 0.25) is 0 Å². The number of nitrogens with one attached hydrogen (secondary N) is 1. The van der Waals surface area contributed by atoms with Gasteiger partial charge < -0.3 is 10.4 Å². The number of nitrogens with zero attached hydrogens (tertiary/aromatic N) is 2. The van der Waals surface area contributed by atoms with Crippen LogP contribution in [0.4, 0.5) is 0 Å². The van der Waals surface area contributed by atoms with Crippen molar-refractivity contribution in [2.45, 2.75) is 25.8 Å². The van der Waals surface area contributed by atoms with E-state index in [9.17, 15) is 0 Å². The molecule has 14 heavy (non-hydrogen) atoms. The molecule has 0 radical (unpaired) electrons. The zero-order valence-corrected chi connectivity index (χ0v) is 8.90. The molecule has 2 N–H and O–H groups in total. The van der Waals surface area contributed by atoms with E-state index in [-0.39, 0.29) is 12.6 Å². The Balaban J connectivity index is 2.62. The molecule has 1 unspecified atom stereocenters. The van der Waals surface area contributed by atoms with E-state index in [2.05, 4.69) is 17.3 Å². The number of rotatable bonds is 6. The molecule has 0 aromatic carbocycles. The SMILES string of the molecule is CCCNC(CCO)c1ccnn1C. The zero-order valence-electron chi connectivity index (χ0n) is 8.90. The van der Waals surface area contributed by atoms with Crippen molar-refractivity contribution in [1.82, 2.24) is 15.1 Å². The molecule has 0 bridgehead atoms. The second-order valence-corrected chi connectivity index (χ2v) is 3.40. The standard InChI is InChI=1S/C10H19N3O/c1-3-6-11-9(5-8-14)10-4-7-12-13(10)2/h4,7,9,11,14H,3,5-6,8H2,1-2H3. The zero-order chi connectivity index (χ0) is 10.4. The summed E-state index contributed by atoms with van der Waals surface area (Å²) in [5.74, 6) is 0. The highest BCUT2D eigenvalue weighted by Crippen LogP contribution is 2.14. The summed E-state index contributed by atoms with van der Waals surface area (Å²) in [6, 6.07) is 2.20. The van der Waals surface area contributed by atoms with Gasteiger partial charge in [0.2, 0.25) is 0 Å². The van der Waals surface area contributed by atoms with Crippen molar-refractivity contribution in [3.63, 3.8) is 0 Å². The van der Waals surface area contributed by atoms with E-state index in [0.717, 1.165) is 25.1 Å². The van der Waals surface area contributed by atoms with Crippen LogP contribution in [0.1, 0.15) is 31.5 Å². The van der Waals surface area contributed by atoms with Crippen molar-refractivity contribution in [1.29, 1.82) is 0 Å². The van der Waals surface area contributed by atoms with Gasteiger partial charge in [0.25, 0.3) is 0 Å². The maximum absolute atomic E-state index is 8.96. The van der Waals surface area contributed by atoms with Crippen LogP contribution in [0.3, 0.4) is 0 Å². The fourth-order valence-electron chi connectivity index (χ4n) is 1.53. The second kappa shape index (κ2) is 5.78. The van der Waals surface area contributed by atoms with Crippen LogP contribution < -0.4 is 5.32 Å². The van der Waals surface area contributed by atoms with Gasteiger partial charge >= 0.3 is 0 Å². The van der Waals surface area contributed by atoms with Gasteiger partial charge in [0.15, 0.2) is 0 Å². The van der Waals surface area contributed by atoms with Crippen molar-refractivity contribution in [2.24, 2.45) is 7.05 Å². The number of hydrogen-bond donors (Lipinski definition) is 2. The molecule has 0 aliphatic heterocycles. The number of aryl methyl sites for hydroxylation is 1. The summed E-state index contributed by atoms with van der Waals surface area (Å²) in [6.07, 6.45) is 3.62. The first-order valence-electron chi connectivity index (χ1n) is 5.11. The summed E-state index contributed by atoms with van der Waals surface area (Å²) >= 11 is 0. The maximum atomic E-state index is 8.96. The summed E-state index contributed by atoms with van der Waals surface area (Å²) < 4.78 is 1.85. The van der Waals surface area contributed by atoms with E-state index >= 15 is 0 Å². The molecule has 4 heteroatoms. The Hall–Kier alpha value is -0.870. The summed E-state index contributed by atoms with van der Waals surface area (Å²) in [4.78, 5) is 0. The van der Waals surface area contributed by atoms with Gasteiger partial charge in [-0.2, -0.15) is 5.10 Å². The first-order chi connectivity index (χ1) is 6.79. The molecule has 0 amide bonds. The van der Waals surface area contributed by atoms with E-state index in [1.54, 1.807) is 6.20 Å². The molecule has 80 valence electrons. The van der Waals surface area contributed by atoms with Gasteiger partial charge in [-0.25, -0.2) is 0 Å². The minimum atomic E-state index is 0.201. The normalized spacial score (nSPS) is 13.1.